The number of carbonyl (C=O) groups is 1. The number of morpholine rings is 1. The quantitative estimate of drug-likeness (QED) is 0.746. The molecule has 3 heterocycles. The molecule has 140 valence electrons. The van der Waals surface area contributed by atoms with Gasteiger partial charge in [-0.1, -0.05) is 6.07 Å². The molecule has 0 saturated carbocycles. The molecule has 1 saturated heterocycles. The zero-order valence-corrected chi connectivity index (χ0v) is 15.9. The number of nitrogens with zero attached hydrogens (tertiary/aromatic N) is 3. The summed E-state index contributed by atoms with van der Waals surface area (Å²) in [5.74, 6) is 0.213. The van der Waals surface area contributed by atoms with Gasteiger partial charge in [0.1, 0.15) is 22.8 Å². The van der Waals surface area contributed by atoms with Crippen molar-refractivity contribution < 1.29 is 13.9 Å². The first-order valence-electron chi connectivity index (χ1n) is 8.69. The fourth-order valence-electron chi connectivity index (χ4n) is 3.14. The van der Waals surface area contributed by atoms with Crippen LogP contribution in [0.25, 0.3) is 10.2 Å². The molecule has 0 atom stereocenters. The van der Waals surface area contributed by atoms with Crippen LogP contribution in [-0.4, -0.2) is 42.2 Å². The van der Waals surface area contributed by atoms with Crippen LogP contribution in [0.3, 0.4) is 0 Å². The van der Waals surface area contributed by atoms with Crippen molar-refractivity contribution in [1.29, 1.82) is 0 Å². The first-order chi connectivity index (χ1) is 13.0. The van der Waals surface area contributed by atoms with Crippen LogP contribution in [0, 0.1) is 19.7 Å². The van der Waals surface area contributed by atoms with Crippen LogP contribution in [0.5, 0.6) is 0 Å². The molecule has 0 radical (unpaired) electrons. The topological polar surface area (TPSA) is 67.4 Å². The average molecular weight is 386 g/mol. The summed E-state index contributed by atoms with van der Waals surface area (Å²) in [6.07, 6.45) is 1.53. The summed E-state index contributed by atoms with van der Waals surface area (Å²) in [5.41, 5.74) is 1.80. The number of rotatable bonds is 3. The Morgan fingerprint density at radius 1 is 1.26 bits per heavy atom. The minimum absolute atomic E-state index is 0.272. The minimum atomic E-state index is -0.346. The third-order valence-corrected chi connectivity index (χ3v) is 5.85. The van der Waals surface area contributed by atoms with E-state index in [0.717, 1.165) is 34.7 Å². The highest BCUT2D eigenvalue weighted by molar-refractivity contribution is 7.20. The molecule has 6 nitrogen and oxygen atoms in total. The maximum absolute atomic E-state index is 13.8. The van der Waals surface area contributed by atoms with Gasteiger partial charge in [-0.2, -0.15) is 0 Å². The van der Waals surface area contributed by atoms with Crippen LogP contribution in [0.2, 0.25) is 0 Å². The van der Waals surface area contributed by atoms with Gasteiger partial charge in [0.2, 0.25) is 0 Å². The molecule has 3 aromatic rings. The molecule has 1 aliphatic heterocycles. The lowest BCUT2D eigenvalue weighted by Gasteiger charge is -2.28. The second kappa shape index (κ2) is 7.21. The predicted molar refractivity (Wildman–Crippen MR) is 104 cm³/mol. The number of thiophene rings is 1. The first kappa shape index (κ1) is 17.8. The second-order valence-corrected chi connectivity index (χ2v) is 7.45. The van der Waals surface area contributed by atoms with Gasteiger partial charge in [0.25, 0.3) is 5.91 Å². The van der Waals surface area contributed by atoms with Crippen LogP contribution in [-0.2, 0) is 4.74 Å². The van der Waals surface area contributed by atoms with E-state index < -0.39 is 0 Å². The Labute approximate surface area is 160 Å². The van der Waals surface area contributed by atoms with Gasteiger partial charge in [0.05, 0.1) is 23.5 Å². The van der Waals surface area contributed by atoms with Crippen molar-refractivity contribution in [2.24, 2.45) is 0 Å². The van der Waals surface area contributed by atoms with Crippen molar-refractivity contribution in [2.75, 3.05) is 36.5 Å². The van der Waals surface area contributed by atoms with E-state index >= 15 is 0 Å². The molecule has 0 bridgehead atoms. The number of carbonyl (C=O) groups excluding carboxylic acids is 1. The number of nitrogens with one attached hydrogen (secondary N) is 1. The normalized spacial score (nSPS) is 14.6. The zero-order valence-electron chi connectivity index (χ0n) is 15.1. The number of halogens is 1. The van der Waals surface area contributed by atoms with Crippen LogP contribution in [0.4, 0.5) is 15.9 Å². The number of ether oxygens (including phenoxy) is 1. The van der Waals surface area contributed by atoms with E-state index in [2.05, 4.69) is 20.2 Å². The zero-order chi connectivity index (χ0) is 19.0. The lowest BCUT2D eigenvalue weighted by atomic mass is 10.1. The Morgan fingerprint density at radius 3 is 2.78 bits per heavy atom. The van der Waals surface area contributed by atoms with Gasteiger partial charge in [-0.3, -0.25) is 4.79 Å². The summed E-state index contributed by atoms with van der Waals surface area (Å²) >= 11 is 1.32. The third-order valence-electron chi connectivity index (χ3n) is 4.65. The summed E-state index contributed by atoms with van der Waals surface area (Å²) in [7, 11) is 0. The number of aromatic nitrogens is 2. The molecule has 1 amide bonds. The van der Waals surface area contributed by atoms with E-state index in [-0.39, 0.29) is 11.7 Å². The van der Waals surface area contributed by atoms with Crippen molar-refractivity contribution >= 4 is 39.0 Å². The standard InChI is InChI=1S/C19H19FN4O2S/c1-11-3-4-13(9-14(11)20)23-18(25)16-12(2)15-17(21-10-22-19(15)27-16)24-5-7-26-8-6-24/h3-4,9-10H,5-8H2,1-2H3,(H,23,25). The lowest BCUT2D eigenvalue weighted by molar-refractivity contribution is 0.103. The van der Waals surface area contributed by atoms with Gasteiger partial charge in [0.15, 0.2) is 0 Å². The number of hydrogen-bond donors (Lipinski definition) is 1. The van der Waals surface area contributed by atoms with E-state index in [1.807, 2.05) is 6.92 Å². The highest BCUT2D eigenvalue weighted by Crippen LogP contribution is 2.35. The van der Waals surface area contributed by atoms with E-state index in [9.17, 15) is 9.18 Å². The largest absolute Gasteiger partial charge is 0.378 e. The van der Waals surface area contributed by atoms with E-state index in [4.69, 9.17) is 4.74 Å². The van der Waals surface area contributed by atoms with E-state index in [1.54, 1.807) is 19.1 Å². The van der Waals surface area contributed by atoms with Crippen LogP contribution >= 0.6 is 11.3 Å². The summed E-state index contributed by atoms with van der Waals surface area (Å²) in [4.78, 5) is 25.1. The van der Waals surface area contributed by atoms with E-state index in [0.29, 0.717) is 29.3 Å². The minimum Gasteiger partial charge on any atom is -0.378 e. The van der Waals surface area contributed by atoms with Gasteiger partial charge in [-0.25, -0.2) is 14.4 Å². The molecule has 1 aliphatic rings. The maximum Gasteiger partial charge on any atom is 0.266 e. The van der Waals surface area contributed by atoms with Crippen molar-refractivity contribution in [1.82, 2.24) is 9.97 Å². The Hall–Kier alpha value is -2.58. The third kappa shape index (κ3) is 3.38. The monoisotopic (exact) mass is 386 g/mol. The smallest absolute Gasteiger partial charge is 0.266 e. The molecular weight excluding hydrogens is 367 g/mol. The Morgan fingerprint density at radius 2 is 2.04 bits per heavy atom. The van der Waals surface area contributed by atoms with Crippen molar-refractivity contribution in [3.05, 3.63) is 46.3 Å². The number of fused-ring (bicyclic) bond motifs is 1. The molecule has 0 aliphatic carbocycles. The summed E-state index contributed by atoms with van der Waals surface area (Å²) in [6, 6.07) is 4.66. The number of aryl methyl sites for hydroxylation is 2. The van der Waals surface area contributed by atoms with Crippen LogP contribution < -0.4 is 10.2 Å². The number of anilines is 2. The molecule has 1 fully saturated rings. The second-order valence-electron chi connectivity index (χ2n) is 6.45. The van der Waals surface area contributed by atoms with Crippen LogP contribution in [0.1, 0.15) is 20.8 Å². The van der Waals surface area contributed by atoms with Gasteiger partial charge in [-0.15, -0.1) is 11.3 Å². The average Bonchev–Trinajstić information content (AvgIpc) is 3.02. The predicted octanol–water partition coefficient (Wildman–Crippen LogP) is 3.54. The first-order valence-corrected chi connectivity index (χ1v) is 9.50. The van der Waals surface area contributed by atoms with E-state index in [1.165, 1.54) is 23.7 Å². The molecule has 2 aromatic heterocycles. The Kier molecular flexibility index (Phi) is 4.75. The van der Waals surface area contributed by atoms with Gasteiger partial charge in [-0.05, 0) is 37.1 Å². The van der Waals surface area contributed by atoms with Gasteiger partial charge >= 0.3 is 0 Å². The highest BCUT2D eigenvalue weighted by Gasteiger charge is 2.23. The Bertz CT molecular complexity index is 1010. The molecule has 27 heavy (non-hydrogen) atoms. The molecular formula is C19H19FN4O2S. The molecule has 1 aromatic carbocycles. The molecule has 0 spiro atoms. The SMILES string of the molecule is Cc1ccc(NC(=O)c2sc3ncnc(N4CCOCC4)c3c2C)cc1F. The summed E-state index contributed by atoms with van der Waals surface area (Å²) in [6.45, 7) is 6.40. The Balaban J connectivity index is 1.68. The highest BCUT2D eigenvalue weighted by atomic mass is 32.1. The summed E-state index contributed by atoms with van der Waals surface area (Å²) < 4.78 is 19.2. The molecule has 8 heteroatoms. The molecule has 1 N–H and O–H groups in total. The van der Waals surface area contributed by atoms with Gasteiger partial charge in [0, 0.05) is 18.8 Å². The van der Waals surface area contributed by atoms with Crippen LogP contribution in [0.15, 0.2) is 24.5 Å². The number of hydrogen-bond acceptors (Lipinski definition) is 6. The number of benzene rings is 1. The van der Waals surface area contributed by atoms with Crippen molar-refractivity contribution in [2.45, 2.75) is 13.8 Å². The molecule has 4 rings (SSSR count). The van der Waals surface area contributed by atoms with Crippen molar-refractivity contribution in [3.63, 3.8) is 0 Å². The lowest BCUT2D eigenvalue weighted by Crippen LogP contribution is -2.36. The summed E-state index contributed by atoms with van der Waals surface area (Å²) in [5, 5.41) is 3.67. The molecule has 0 unspecified atom stereocenters. The number of amides is 1. The van der Waals surface area contributed by atoms with Crippen molar-refractivity contribution in [3.8, 4) is 0 Å². The maximum atomic E-state index is 13.8. The van der Waals surface area contributed by atoms with Gasteiger partial charge < -0.3 is 15.0 Å². The fourth-order valence-corrected chi connectivity index (χ4v) is 4.18. The fraction of sp³-hybridized carbons (Fsp3) is 0.316.